The maximum Gasteiger partial charge on any atom is 0.0286 e. The van der Waals surface area contributed by atoms with E-state index in [1.165, 1.54) is 62.7 Å². The van der Waals surface area contributed by atoms with Gasteiger partial charge < -0.3 is 0 Å². The Balaban J connectivity index is 1.59. The van der Waals surface area contributed by atoms with Gasteiger partial charge in [-0.3, -0.25) is 0 Å². The first kappa shape index (κ1) is 19.7. The van der Waals surface area contributed by atoms with Crippen LogP contribution < -0.4 is 20.9 Å². The predicted molar refractivity (Wildman–Crippen MR) is 139 cm³/mol. The Morgan fingerprint density at radius 2 is 0.750 bits per heavy atom. The first-order chi connectivity index (χ1) is 15.7. The summed E-state index contributed by atoms with van der Waals surface area (Å²) in [5.74, 6) is 0. The van der Waals surface area contributed by atoms with Crippen molar-refractivity contribution in [2.24, 2.45) is 0 Å². The van der Waals surface area contributed by atoms with Crippen molar-refractivity contribution in [1.29, 1.82) is 0 Å². The van der Waals surface area contributed by atoms with Crippen LogP contribution in [0.15, 0.2) is 107 Å². The minimum atomic E-state index is 1.28. The van der Waals surface area contributed by atoms with Gasteiger partial charge in [-0.15, -0.1) is 0 Å². The minimum absolute atomic E-state index is 1.28. The van der Waals surface area contributed by atoms with Crippen LogP contribution in [-0.2, 0) is 0 Å². The molecule has 0 fully saturated rings. The number of benzene rings is 4. The summed E-state index contributed by atoms with van der Waals surface area (Å²) in [5, 5.41) is 5.39. The van der Waals surface area contributed by atoms with Crippen molar-refractivity contribution in [3.8, 4) is 0 Å². The predicted octanol–water partition coefficient (Wildman–Crippen LogP) is 5.13. The highest BCUT2D eigenvalue weighted by Crippen LogP contribution is 2.46. The third-order valence-corrected chi connectivity index (χ3v) is 8.34. The van der Waals surface area contributed by atoms with Crippen LogP contribution in [0.2, 0.25) is 0 Å². The summed E-state index contributed by atoms with van der Waals surface area (Å²) < 4.78 is 0. The Labute approximate surface area is 196 Å². The van der Waals surface area contributed by atoms with Gasteiger partial charge in [0.05, 0.1) is 0 Å². The van der Waals surface area contributed by atoms with Gasteiger partial charge in [-0.1, -0.05) is 107 Å². The molecule has 0 bridgehead atoms. The molecule has 2 heteroatoms. The molecule has 2 aliphatic carbocycles. The third-order valence-electron chi connectivity index (χ3n) is 6.07. The Bertz CT molecular complexity index is 1480. The lowest BCUT2D eigenvalue weighted by Gasteiger charge is -2.10. The largest absolute Gasteiger partial charge is 0.0888 e. The molecule has 154 valence electrons. The number of aryl methyl sites for hydroxylation is 2. The lowest BCUT2D eigenvalue weighted by atomic mass is 10.1. The van der Waals surface area contributed by atoms with Crippen LogP contribution in [0.3, 0.4) is 0 Å². The number of hydrogen-bond donors (Lipinski definition) is 0. The number of rotatable bonds is 4. The minimum Gasteiger partial charge on any atom is -0.0888 e. The molecule has 0 aliphatic heterocycles. The van der Waals surface area contributed by atoms with Crippen LogP contribution in [0.4, 0.5) is 0 Å². The Hall–Kier alpha value is -2.94. The van der Waals surface area contributed by atoms with E-state index in [4.69, 9.17) is 0 Å². The average molecular weight is 447 g/mol. The van der Waals surface area contributed by atoms with E-state index >= 15 is 0 Å². The summed E-state index contributed by atoms with van der Waals surface area (Å²) in [4.78, 5) is 5.30. The van der Waals surface area contributed by atoms with E-state index in [9.17, 15) is 0 Å². The van der Waals surface area contributed by atoms with E-state index in [1.807, 2.05) is 23.5 Å². The first-order valence-electron chi connectivity index (χ1n) is 10.9. The van der Waals surface area contributed by atoms with Crippen LogP contribution in [0.5, 0.6) is 0 Å². The van der Waals surface area contributed by atoms with Gasteiger partial charge in [-0.25, -0.2) is 0 Å². The van der Waals surface area contributed by atoms with Crippen molar-refractivity contribution in [2.45, 2.75) is 23.6 Å². The summed E-state index contributed by atoms with van der Waals surface area (Å²) >= 11 is 3.78. The zero-order valence-corrected chi connectivity index (χ0v) is 19.7. The highest BCUT2D eigenvalue weighted by Gasteiger charge is 2.29. The first-order valence-corrected chi connectivity index (χ1v) is 12.5. The van der Waals surface area contributed by atoms with Crippen molar-refractivity contribution < 1.29 is 0 Å². The molecular formula is C30H22S2. The van der Waals surface area contributed by atoms with Crippen LogP contribution in [0, 0.1) is 13.8 Å². The topological polar surface area (TPSA) is 0 Å². The van der Waals surface area contributed by atoms with Crippen LogP contribution in [0.25, 0.3) is 21.0 Å². The van der Waals surface area contributed by atoms with Gasteiger partial charge in [-0.2, -0.15) is 0 Å². The molecule has 2 aliphatic rings. The van der Waals surface area contributed by atoms with E-state index in [0.29, 0.717) is 0 Å². The number of thioether (sulfide) groups is 2. The van der Waals surface area contributed by atoms with E-state index < -0.39 is 0 Å². The molecule has 0 amide bonds. The molecule has 0 radical (unpaired) electrons. The summed E-state index contributed by atoms with van der Waals surface area (Å²) in [6.45, 7) is 4.29. The van der Waals surface area contributed by atoms with Crippen LogP contribution >= 0.6 is 23.5 Å². The summed E-state index contributed by atoms with van der Waals surface area (Å²) in [6, 6.07) is 35.5. The second-order valence-electron chi connectivity index (χ2n) is 8.33. The smallest absolute Gasteiger partial charge is 0.0286 e. The Morgan fingerprint density at radius 1 is 0.406 bits per heavy atom. The van der Waals surface area contributed by atoms with Crippen LogP contribution in [-0.4, -0.2) is 0 Å². The van der Waals surface area contributed by atoms with Crippen molar-refractivity contribution in [3.63, 3.8) is 0 Å². The highest BCUT2D eigenvalue weighted by molar-refractivity contribution is 8.09. The summed E-state index contributed by atoms with van der Waals surface area (Å²) in [6.07, 6.45) is 0. The molecule has 4 aromatic carbocycles. The third kappa shape index (κ3) is 3.26. The molecule has 6 rings (SSSR count). The molecule has 0 saturated carbocycles. The van der Waals surface area contributed by atoms with Crippen molar-refractivity contribution in [3.05, 3.63) is 129 Å². The fourth-order valence-electron chi connectivity index (χ4n) is 4.47. The number of hydrogen-bond acceptors (Lipinski definition) is 2. The van der Waals surface area contributed by atoms with E-state index in [0.717, 1.165) is 0 Å². The fraction of sp³-hybridized carbons (Fsp3) is 0.0667. The maximum atomic E-state index is 2.29. The summed E-state index contributed by atoms with van der Waals surface area (Å²) in [7, 11) is 0. The van der Waals surface area contributed by atoms with Crippen molar-refractivity contribution >= 4 is 44.5 Å². The fourth-order valence-corrected chi connectivity index (χ4v) is 6.69. The Morgan fingerprint density at radius 3 is 1.12 bits per heavy atom. The Kier molecular flexibility index (Phi) is 4.86. The molecule has 32 heavy (non-hydrogen) atoms. The summed E-state index contributed by atoms with van der Waals surface area (Å²) in [5.41, 5.74) is 5.37. The second kappa shape index (κ2) is 7.88. The average Bonchev–Trinajstić information content (AvgIpc) is 3.31. The van der Waals surface area contributed by atoms with E-state index in [-0.39, 0.29) is 0 Å². The highest BCUT2D eigenvalue weighted by atomic mass is 32.2. The molecule has 4 aromatic rings. The van der Waals surface area contributed by atoms with Gasteiger partial charge in [0.2, 0.25) is 0 Å². The second-order valence-corrected chi connectivity index (χ2v) is 10.5. The lowest BCUT2D eigenvalue weighted by molar-refractivity contribution is 1.38. The molecular weight excluding hydrogens is 424 g/mol. The quantitative estimate of drug-likeness (QED) is 0.426. The number of fused-ring (bicyclic) bond motifs is 3. The zero-order valence-electron chi connectivity index (χ0n) is 18.1. The molecule has 0 spiro atoms. The van der Waals surface area contributed by atoms with Gasteiger partial charge in [-0.05, 0) is 59.0 Å². The van der Waals surface area contributed by atoms with Crippen LogP contribution in [0.1, 0.15) is 11.1 Å². The van der Waals surface area contributed by atoms with E-state index in [1.54, 1.807) is 0 Å². The van der Waals surface area contributed by atoms with Gasteiger partial charge in [0.15, 0.2) is 0 Å². The monoisotopic (exact) mass is 446 g/mol. The van der Waals surface area contributed by atoms with Gasteiger partial charge in [0.25, 0.3) is 0 Å². The van der Waals surface area contributed by atoms with Gasteiger partial charge in [0, 0.05) is 30.7 Å². The van der Waals surface area contributed by atoms with Crippen molar-refractivity contribution in [2.75, 3.05) is 0 Å². The molecule has 0 nitrogen and oxygen atoms in total. The zero-order chi connectivity index (χ0) is 21.7. The standard InChI is InChI=1S/C30H22S2/c1-19-11-15-21(16-12-19)31-29-25-9-5-3-7-23(25)28-27(29)24-8-4-6-10-26(24)30(28)32-22-17-13-20(2)14-18-22/h3-18H,1-2H3. The molecule has 0 heterocycles. The molecule has 0 N–H and O–H groups in total. The molecule has 0 atom stereocenters. The van der Waals surface area contributed by atoms with Gasteiger partial charge in [0.1, 0.15) is 0 Å². The van der Waals surface area contributed by atoms with Crippen molar-refractivity contribution in [1.82, 2.24) is 0 Å². The van der Waals surface area contributed by atoms with Gasteiger partial charge >= 0.3 is 0 Å². The maximum absolute atomic E-state index is 2.29. The molecule has 0 unspecified atom stereocenters. The van der Waals surface area contributed by atoms with E-state index in [2.05, 4.69) is 111 Å². The molecule has 0 aromatic heterocycles. The lowest BCUT2D eigenvalue weighted by Crippen LogP contribution is -2.26. The molecule has 0 saturated heterocycles. The normalized spacial score (nSPS) is 13.9. The SMILES string of the molecule is Cc1ccc(SC2=c3ccccc3=C3C(Sc4ccc(C)cc4)=c4ccccc4=C23)cc1.